The Morgan fingerprint density at radius 1 is 1.37 bits per heavy atom. The standard InChI is InChI=1S/C13H13ClO5/c1-6-4-8(15)11(7(2)12(6)14)9(16)5-10(17)13(18)19-3/h4-5,15-16H,1-3H3/b9-5-. The largest absolute Gasteiger partial charge is 0.507 e. The zero-order valence-corrected chi connectivity index (χ0v) is 11.4. The first-order valence-electron chi connectivity index (χ1n) is 5.31. The van der Waals surface area contributed by atoms with Crippen molar-refractivity contribution < 1.29 is 24.5 Å². The smallest absolute Gasteiger partial charge is 0.378 e. The van der Waals surface area contributed by atoms with Gasteiger partial charge in [0.15, 0.2) is 0 Å². The van der Waals surface area contributed by atoms with E-state index in [0.717, 1.165) is 7.11 Å². The summed E-state index contributed by atoms with van der Waals surface area (Å²) in [5, 5.41) is 20.0. The number of methoxy groups -OCH3 is 1. The average molecular weight is 285 g/mol. The lowest BCUT2D eigenvalue weighted by atomic mass is 10.0. The van der Waals surface area contributed by atoms with Crippen LogP contribution in [0.2, 0.25) is 5.02 Å². The Bertz CT molecular complexity index is 575. The minimum atomic E-state index is -1.11. The third-order valence-corrected chi connectivity index (χ3v) is 3.15. The maximum atomic E-state index is 11.3. The highest BCUT2D eigenvalue weighted by Gasteiger charge is 2.18. The predicted octanol–water partition coefficient (Wildman–Crippen LogP) is 2.30. The van der Waals surface area contributed by atoms with Gasteiger partial charge in [-0.3, -0.25) is 4.79 Å². The number of phenolic OH excluding ortho intramolecular Hbond substituents is 1. The summed E-state index contributed by atoms with van der Waals surface area (Å²) < 4.78 is 4.22. The van der Waals surface area contributed by atoms with Crippen molar-refractivity contribution in [1.29, 1.82) is 0 Å². The summed E-state index contributed by atoms with van der Waals surface area (Å²) in [6.45, 7) is 3.27. The lowest BCUT2D eigenvalue weighted by Crippen LogP contribution is -2.13. The summed E-state index contributed by atoms with van der Waals surface area (Å²) in [6.07, 6.45) is 0.680. The minimum absolute atomic E-state index is 0.00727. The van der Waals surface area contributed by atoms with Crippen LogP contribution in [0.1, 0.15) is 16.7 Å². The molecule has 0 spiro atoms. The molecule has 0 amide bonds. The van der Waals surface area contributed by atoms with Gasteiger partial charge in [-0.2, -0.15) is 0 Å². The molecule has 0 unspecified atom stereocenters. The van der Waals surface area contributed by atoms with E-state index in [1.54, 1.807) is 13.8 Å². The number of hydrogen-bond acceptors (Lipinski definition) is 5. The highest BCUT2D eigenvalue weighted by atomic mass is 35.5. The molecule has 5 nitrogen and oxygen atoms in total. The number of aliphatic hydroxyl groups is 1. The summed E-state index contributed by atoms with van der Waals surface area (Å²) in [5.41, 5.74) is 1.05. The van der Waals surface area contributed by atoms with Gasteiger partial charge in [-0.1, -0.05) is 11.6 Å². The summed E-state index contributed by atoms with van der Waals surface area (Å²) in [7, 11) is 1.05. The number of esters is 1. The molecule has 6 heteroatoms. The zero-order valence-electron chi connectivity index (χ0n) is 10.7. The molecular weight excluding hydrogens is 272 g/mol. The average Bonchev–Trinajstić information content (AvgIpc) is 2.34. The third kappa shape index (κ3) is 3.06. The monoisotopic (exact) mass is 284 g/mol. The first kappa shape index (κ1) is 15.0. The van der Waals surface area contributed by atoms with Crippen molar-refractivity contribution in [1.82, 2.24) is 0 Å². The van der Waals surface area contributed by atoms with Gasteiger partial charge < -0.3 is 14.9 Å². The molecule has 0 atom stereocenters. The van der Waals surface area contributed by atoms with E-state index in [2.05, 4.69) is 4.74 Å². The number of ether oxygens (including phenoxy) is 1. The van der Waals surface area contributed by atoms with Crippen molar-refractivity contribution in [2.75, 3.05) is 7.11 Å². The van der Waals surface area contributed by atoms with E-state index in [-0.39, 0.29) is 11.3 Å². The number of halogens is 1. The number of aliphatic hydroxyl groups excluding tert-OH is 1. The van der Waals surface area contributed by atoms with Crippen molar-refractivity contribution >= 4 is 29.1 Å². The fourth-order valence-corrected chi connectivity index (χ4v) is 1.77. The molecular formula is C13H13ClO5. The van der Waals surface area contributed by atoms with E-state index < -0.39 is 17.5 Å². The fraction of sp³-hybridized carbons (Fsp3) is 0.231. The van der Waals surface area contributed by atoms with Crippen LogP contribution in [0.15, 0.2) is 12.1 Å². The van der Waals surface area contributed by atoms with Gasteiger partial charge in [-0.15, -0.1) is 0 Å². The maximum Gasteiger partial charge on any atom is 0.378 e. The topological polar surface area (TPSA) is 83.8 Å². The van der Waals surface area contributed by atoms with Crippen molar-refractivity contribution in [2.45, 2.75) is 13.8 Å². The lowest BCUT2D eigenvalue weighted by Gasteiger charge is -2.11. The van der Waals surface area contributed by atoms with Gasteiger partial charge in [0, 0.05) is 11.1 Å². The lowest BCUT2D eigenvalue weighted by molar-refractivity contribution is -0.149. The first-order chi connectivity index (χ1) is 8.79. The summed E-state index contributed by atoms with van der Waals surface area (Å²) in [4.78, 5) is 22.3. The van der Waals surface area contributed by atoms with Gasteiger partial charge in [0.05, 0.1) is 12.7 Å². The Hall–Kier alpha value is -2.01. The van der Waals surface area contributed by atoms with Crippen molar-refractivity contribution in [2.24, 2.45) is 0 Å². The maximum absolute atomic E-state index is 11.3. The van der Waals surface area contributed by atoms with Crippen LogP contribution in [-0.2, 0) is 14.3 Å². The molecule has 0 bridgehead atoms. The van der Waals surface area contributed by atoms with Crippen LogP contribution in [-0.4, -0.2) is 29.1 Å². The number of benzene rings is 1. The molecule has 0 saturated carbocycles. The summed E-state index contributed by atoms with van der Waals surface area (Å²) in [5.74, 6) is -2.92. The van der Waals surface area contributed by atoms with Crippen LogP contribution in [0.3, 0.4) is 0 Å². The molecule has 1 rings (SSSR count). The number of carbonyl (C=O) groups is 2. The molecule has 1 aromatic rings. The zero-order chi connectivity index (χ0) is 14.7. The molecule has 0 aliphatic rings. The number of ketones is 1. The number of carbonyl (C=O) groups excluding carboxylic acids is 2. The summed E-state index contributed by atoms with van der Waals surface area (Å²) >= 11 is 6.00. The fourth-order valence-electron chi connectivity index (χ4n) is 1.62. The van der Waals surface area contributed by atoms with Gasteiger partial charge in [-0.25, -0.2) is 4.79 Å². The highest BCUT2D eigenvalue weighted by Crippen LogP contribution is 2.34. The van der Waals surface area contributed by atoms with Crippen molar-refractivity contribution in [3.05, 3.63) is 33.9 Å². The predicted molar refractivity (Wildman–Crippen MR) is 70.2 cm³/mol. The quantitative estimate of drug-likeness (QED) is 0.385. The van der Waals surface area contributed by atoms with E-state index in [4.69, 9.17) is 11.6 Å². The Kier molecular flexibility index (Phi) is 4.56. The van der Waals surface area contributed by atoms with Crippen LogP contribution in [0.25, 0.3) is 5.76 Å². The van der Waals surface area contributed by atoms with Gasteiger partial charge in [0.1, 0.15) is 11.5 Å². The van der Waals surface area contributed by atoms with Crippen molar-refractivity contribution in [3.8, 4) is 5.75 Å². The molecule has 0 aromatic heterocycles. The van der Waals surface area contributed by atoms with Crippen LogP contribution in [0, 0.1) is 13.8 Å². The number of phenols is 1. The molecule has 2 N–H and O–H groups in total. The highest BCUT2D eigenvalue weighted by molar-refractivity contribution is 6.39. The van der Waals surface area contributed by atoms with Crippen LogP contribution >= 0.6 is 11.6 Å². The molecule has 0 saturated heterocycles. The third-order valence-electron chi connectivity index (χ3n) is 2.57. The van der Waals surface area contributed by atoms with Gasteiger partial charge in [0.25, 0.3) is 5.78 Å². The number of rotatable bonds is 3. The molecule has 0 aliphatic carbocycles. The summed E-state index contributed by atoms with van der Waals surface area (Å²) in [6, 6.07) is 1.36. The normalized spacial score (nSPS) is 11.3. The Morgan fingerprint density at radius 3 is 2.47 bits per heavy atom. The van der Waals surface area contributed by atoms with E-state index >= 15 is 0 Å². The van der Waals surface area contributed by atoms with E-state index in [1.165, 1.54) is 6.07 Å². The Balaban J connectivity index is 3.31. The van der Waals surface area contributed by atoms with E-state index in [1.807, 2.05) is 0 Å². The second kappa shape index (κ2) is 5.75. The molecule has 102 valence electrons. The molecule has 0 fully saturated rings. The second-order valence-electron chi connectivity index (χ2n) is 3.91. The van der Waals surface area contributed by atoms with E-state index in [9.17, 15) is 19.8 Å². The van der Waals surface area contributed by atoms with Gasteiger partial charge >= 0.3 is 5.97 Å². The number of aryl methyl sites for hydroxylation is 1. The first-order valence-corrected chi connectivity index (χ1v) is 5.69. The molecule has 0 radical (unpaired) electrons. The number of hydrogen-bond donors (Lipinski definition) is 2. The Labute approximate surface area is 115 Å². The Morgan fingerprint density at radius 2 is 1.95 bits per heavy atom. The molecule has 19 heavy (non-hydrogen) atoms. The molecule has 0 heterocycles. The number of aromatic hydroxyl groups is 1. The van der Waals surface area contributed by atoms with Crippen LogP contribution in [0.4, 0.5) is 0 Å². The SMILES string of the molecule is COC(=O)C(=O)/C=C(\O)c1c(O)cc(C)c(Cl)c1C. The van der Waals surface area contributed by atoms with Gasteiger partial charge in [-0.05, 0) is 31.0 Å². The van der Waals surface area contributed by atoms with Crippen LogP contribution in [0.5, 0.6) is 5.75 Å². The molecule has 0 aliphatic heterocycles. The second-order valence-corrected chi connectivity index (χ2v) is 4.29. The van der Waals surface area contributed by atoms with E-state index in [0.29, 0.717) is 22.2 Å². The minimum Gasteiger partial charge on any atom is -0.507 e. The van der Waals surface area contributed by atoms with Gasteiger partial charge in [0.2, 0.25) is 0 Å². The van der Waals surface area contributed by atoms with Crippen molar-refractivity contribution in [3.63, 3.8) is 0 Å². The van der Waals surface area contributed by atoms with Crippen LogP contribution < -0.4 is 0 Å². The molecule has 1 aromatic carbocycles.